The van der Waals surface area contributed by atoms with E-state index in [0.29, 0.717) is 26.1 Å². The Kier molecular flexibility index (Phi) is 6.03. The van der Waals surface area contributed by atoms with Crippen LogP contribution < -0.4 is 16.6 Å². The number of aryl methyl sites for hydroxylation is 1. The highest BCUT2D eigenvalue weighted by Gasteiger charge is 2.00. The van der Waals surface area contributed by atoms with Gasteiger partial charge in [-0.15, -0.1) is 0 Å². The average molecular weight is 237 g/mol. The summed E-state index contributed by atoms with van der Waals surface area (Å²) >= 11 is 0. The number of nitrogens with two attached hydrogens (primary N) is 1. The third-order valence-electron chi connectivity index (χ3n) is 2.42. The number of rotatable bonds is 7. The molecule has 0 atom stereocenters. The van der Waals surface area contributed by atoms with E-state index in [0.717, 1.165) is 12.8 Å². The van der Waals surface area contributed by atoms with E-state index in [2.05, 4.69) is 5.32 Å². The van der Waals surface area contributed by atoms with Crippen LogP contribution in [0.3, 0.4) is 0 Å². The van der Waals surface area contributed by atoms with Gasteiger partial charge in [-0.1, -0.05) is 6.07 Å². The zero-order valence-corrected chi connectivity index (χ0v) is 9.89. The highest BCUT2D eigenvalue weighted by molar-refractivity contribution is 5.75. The van der Waals surface area contributed by atoms with Crippen molar-refractivity contribution in [2.45, 2.75) is 25.8 Å². The maximum absolute atomic E-state index is 11.4. The van der Waals surface area contributed by atoms with Crippen molar-refractivity contribution in [1.82, 2.24) is 9.88 Å². The van der Waals surface area contributed by atoms with Crippen molar-refractivity contribution in [3.05, 3.63) is 34.7 Å². The molecular weight excluding hydrogens is 218 g/mol. The first-order valence-corrected chi connectivity index (χ1v) is 5.86. The molecule has 1 amide bonds. The van der Waals surface area contributed by atoms with E-state index in [1.165, 1.54) is 6.07 Å². The third-order valence-corrected chi connectivity index (χ3v) is 2.42. The highest BCUT2D eigenvalue weighted by atomic mass is 16.1. The van der Waals surface area contributed by atoms with E-state index >= 15 is 0 Å². The molecule has 1 aromatic heterocycles. The lowest BCUT2D eigenvalue weighted by Crippen LogP contribution is -2.28. The number of hydrogen-bond acceptors (Lipinski definition) is 3. The fourth-order valence-corrected chi connectivity index (χ4v) is 1.51. The molecule has 0 bridgehead atoms. The van der Waals surface area contributed by atoms with Crippen LogP contribution in [0.15, 0.2) is 29.2 Å². The molecule has 0 radical (unpaired) electrons. The first-order valence-electron chi connectivity index (χ1n) is 5.86. The van der Waals surface area contributed by atoms with Gasteiger partial charge in [0.2, 0.25) is 11.5 Å². The second-order valence-electron chi connectivity index (χ2n) is 3.83. The fourth-order valence-electron chi connectivity index (χ4n) is 1.51. The minimum Gasteiger partial charge on any atom is -0.355 e. The van der Waals surface area contributed by atoms with Gasteiger partial charge in [0.1, 0.15) is 0 Å². The summed E-state index contributed by atoms with van der Waals surface area (Å²) in [5.41, 5.74) is 5.27. The molecule has 5 heteroatoms. The van der Waals surface area contributed by atoms with Crippen molar-refractivity contribution >= 4 is 5.91 Å². The largest absolute Gasteiger partial charge is 0.355 e. The van der Waals surface area contributed by atoms with E-state index in [-0.39, 0.29) is 11.5 Å². The Labute approximate surface area is 101 Å². The molecule has 1 aromatic rings. The van der Waals surface area contributed by atoms with E-state index in [4.69, 9.17) is 5.73 Å². The number of nitrogens with one attached hydrogen (secondary N) is 1. The molecule has 0 saturated carbocycles. The Morgan fingerprint density at radius 2 is 2.18 bits per heavy atom. The minimum absolute atomic E-state index is 0.0000771. The maximum Gasteiger partial charge on any atom is 0.250 e. The van der Waals surface area contributed by atoms with Crippen LogP contribution in [0.5, 0.6) is 0 Å². The Bertz CT molecular complexity index is 401. The van der Waals surface area contributed by atoms with Crippen LogP contribution >= 0.6 is 0 Å². The molecule has 1 heterocycles. The molecule has 1 rings (SSSR count). The van der Waals surface area contributed by atoms with Gasteiger partial charge >= 0.3 is 0 Å². The van der Waals surface area contributed by atoms with E-state index in [1.807, 2.05) is 6.07 Å². The average Bonchev–Trinajstić information content (AvgIpc) is 2.34. The van der Waals surface area contributed by atoms with Gasteiger partial charge in [0, 0.05) is 38.3 Å². The Morgan fingerprint density at radius 1 is 1.35 bits per heavy atom. The van der Waals surface area contributed by atoms with Gasteiger partial charge in [-0.3, -0.25) is 9.59 Å². The quantitative estimate of drug-likeness (QED) is 0.660. The van der Waals surface area contributed by atoms with E-state index in [9.17, 15) is 9.59 Å². The van der Waals surface area contributed by atoms with Crippen molar-refractivity contribution in [2.75, 3.05) is 13.1 Å². The van der Waals surface area contributed by atoms with Crippen LogP contribution in [0.4, 0.5) is 0 Å². The number of aromatic nitrogens is 1. The minimum atomic E-state index is 0.0000771. The van der Waals surface area contributed by atoms with Crippen molar-refractivity contribution in [3.63, 3.8) is 0 Å². The molecule has 17 heavy (non-hydrogen) atoms. The van der Waals surface area contributed by atoms with Gasteiger partial charge in [0.15, 0.2) is 0 Å². The second-order valence-corrected chi connectivity index (χ2v) is 3.83. The number of carbonyl (C=O) groups excluding carboxylic acids is 1. The summed E-state index contributed by atoms with van der Waals surface area (Å²) in [5, 5.41) is 2.71. The first-order chi connectivity index (χ1) is 8.24. The summed E-state index contributed by atoms with van der Waals surface area (Å²) in [6.07, 6.45) is 3.84. The normalized spacial score (nSPS) is 10.2. The molecule has 3 N–H and O–H groups in total. The van der Waals surface area contributed by atoms with Gasteiger partial charge in [-0.25, -0.2) is 0 Å². The van der Waals surface area contributed by atoms with Crippen LogP contribution in [0, 0.1) is 0 Å². The first kappa shape index (κ1) is 13.4. The molecule has 0 saturated heterocycles. The summed E-state index contributed by atoms with van der Waals surface area (Å²) in [4.78, 5) is 22.6. The monoisotopic (exact) mass is 237 g/mol. The van der Waals surface area contributed by atoms with E-state index < -0.39 is 0 Å². The van der Waals surface area contributed by atoms with Crippen LogP contribution in [0.1, 0.15) is 19.3 Å². The molecule has 0 spiro atoms. The molecule has 94 valence electrons. The maximum atomic E-state index is 11.4. The van der Waals surface area contributed by atoms with Crippen molar-refractivity contribution in [3.8, 4) is 0 Å². The number of unbranched alkanes of at least 4 members (excludes halogenated alkanes) is 1. The predicted molar refractivity (Wildman–Crippen MR) is 66.6 cm³/mol. The number of amides is 1. The summed E-state index contributed by atoms with van der Waals surface area (Å²) in [6.45, 7) is 1.64. The predicted octanol–water partition coefficient (Wildman–Crippen LogP) is 0.0935. The lowest BCUT2D eigenvalue weighted by Gasteiger charge is -2.05. The number of nitrogens with zero attached hydrogens (tertiary/aromatic N) is 1. The van der Waals surface area contributed by atoms with Gasteiger partial charge in [-0.2, -0.15) is 0 Å². The molecule has 0 aliphatic heterocycles. The highest BCUT2D eigenvalue weighted by Crippen LogP contribution is 1.97. The SMILES string of the molecule is NCCNC(=O)CCCCn1ccccc1=O. The standard InChI is InChI=1S/C12H19N3O2/c13-7-8-14-11(16)5-1-3-9-15-10-4-2-6-12(15)17/h2,4,6,10H,1,3,5,7-9,13H2,(H,14,16). The lowest BCUT2D eigenvalue weighted by atomic mass is 10.2. The Balaban J connectivity index is 2.18. The Morgan fingerprint density at radius 3 is 2.88 bits per heavy atom. The van der Waals surface area contributed by atoms with Crippen LogP contribution in [0.2, 0.25) is 0 Å². The lowest BCUT2D eigenvalue weighted by molar-refractivity contribution is -0.121. The number of pyridine rings is 1. The van der Waals surface area contributed by atoms with Crippen LogP contribution in [0.25, 0.3) is 0 Å². The summed E-state index contributed by atoms with van der Waals surface area (Å²) in [7, 11) is 0. The molecule has 0 aromatic carbocycles. The summed E-state index contributed by atoms with van der Waals surface area (Å²) in [5.74, 6) is 0.0239. The zero-order valence-electron chi connectivity index (χ0n) is 9.89. The molecule has 5 nitrogen and oxygen atoms in total. The molecular formula is C12H19N3O2. The molecule has 0 aliphatic carbocycles. The smallest absolute Gasteiger partial charge is 0.250 e. The van der Waals surface area contributed by atoms with Gasteiger partial charge in [0.05, 0.1) is 0 Å². The molecule has 0 aliphatic rings. The summed E-state index contributed by atoms with van der Waals surface area (Å²) in [6, 6.07) is 5.09. The number of hydrogen-bond donors (Lipinski definition) is 2. The van der Waals surface area contributed by atoms with Crippen molar-refractivity contribution in [1.29, 1.82) is 0 Å². The third kappa shape index (κ3) is 5.31. The summed E-state index contributed by atoms with van der Waals surface area (Å²) < 4.78 is 1.65. The van der Waals surface area contributed by atoms with Gasteiger partial charge in [0.25, 0.3) is 0 Å². The van der Waals surface area contributed by atoms with E-state index in [1.54, 1.807) is 16.8 Å². The van der Waals surface area contributed by atoms with Crippen LogP contribution in [-0.4, -0.2) is 23.6 Å². The van der Waals surface area contributed by atoms with Crippen molar-refractivity contribution in [2.24, 2.45) is 5.73 Å². The van der Waals surface area contributed by atoms with Gasteiger partial charge in [-0.05, 0) is 18.9 Å². The zero-order chi connectivity index (χ0) is 12.5. The van der Waals surface area contributed by atoms with Crippen molar-refractivity contribution < 1.29 is 4.79 Å². The molecule has 0 unspecified atom stereocenters. The van der Waals surface area contributed by atoms with Gasteiger partial charge < -0.3 is 15.6 Å². The fraction of sp³-hybridized carbons (Fsp3) is 0.500. The topological polar surface area (TPSA) is 77.1 Å². The number of carbonyl (C=O) groups is 1. The van der Waals surface area contributed by atoms with Crippen LogP contribution in [-0.2, 0) is 11.3 Å². The second kappa shape index (κ2) is 7.62. The Hall–Kier alpha value is -1.62. The molecule has 0 fully saturated rings.